The molecule has 0 unspecified atom stereocenters. The molecule has 142 valence electrons. The Morgan fingerprint density at radius 3 is 2.58 bits per heavy atom. The highest BCUT2D eigenvalue weighted by atomic mass is 16.5. The summed E-state index contributed by atoms with van der Waals surface area (Å²) >= 11 is 0. The van der Waals surface area contributed by atoms with Gasteiger partial charge in [-0.25, -0.2) is 0 Å². The van der Waals surface area contributed by atoms with Crippen molar-refractivity contribution in [3.8, 4) is 0 Å². The van der Waals surface area contributed by atoms with Gasteiger partial charge in [0.15, 0.2) is 5.78 Å². The minimum Gasteiger partial charge on any atom is -0.465 e. The Kier molecular flexibility index (Phi) is 4.16. The predicted molar refractivity (Wildman–Crippen MR) is 97.3 cm³/mol. The first-order valence-corrected chi connectivity index (χ1v) is 10.2. The fourth-order valence-corrected chi connectivity index (χ4v) is 7.02. The lowest BCUT2D eigenvalue weighted by atomic mass is 9.46. The molecule has 0 radical (unpaired) electrons. The number of rotatable bonds is 2. The number of carbonyl (C=O) groups is 3. The fraction of sp³-hybridized carbons (Fsp3) is 0.773. The highest BCUT2D eigenvalue weighted by Crippen LogP contribution is 2.65. The lowest BCUT2D eigenvalue weighted by Gasteiger charge is -2.58. The summed E-state index contributed by atoms with van der Waals surface area (Å²) in [5, 5.41) is 0. The highest BCUT2D eigenvalue weighted by Gasteiger charge is 2.60. The van der Waals surface area contributed by atoms with Crippen molar-refractivity contribution in [3.63, 3.8) is 0 Å². The Balaban J connectivity index is 1.75. The van der Waals surface area contributed by atoms with Gasteiger partial charge >= 0.3 is 5.97 Å². The van der Waals surface area contributed by atoms with Crippen LogP contribution in [0.2, 0.25) is 0 Å². The van der Waals surface area contributed by atoms with Crippen LogP contribution in [0.3, 0.4) is 0 Å². The zero-order valence-electron chi connectivity index (χ0n) is 16.2. The molecule has 0 aromatic carbocycles. The van der Waals surface area contributed by atoms with Crippen LogP contribution in [0, 0.1) is 28.6 Å². The molecule has 26 heavy (non-hydrogen) atoms. The third kappa shape index (κ3) is 2.36. The Bertz CT molecular complexity index is 705. The maximum atomic E-state index is 12.6. The van der Waals surface area contributed by atoms with Gasteiger partial charge in [-0.05, 0) is 68.8 Å². The number of Topliss-reactive ketones (excluding diaryl/α,β-unsaturated/α-hetero) is 2. The summed E-state index contributed by atoms with van der Waals surface area (Å²) in [5.41, 5.74) is 1.84. The highest BCUT2D eigenvalue weighted by molar-refractivity contribution is 5.97. The van der Waals surface area contributed by atoms with Gasteiger partial charge in [-0.15, -0.1) is 0 Å². The number of esters is 1. The van der Waals surface area contributed by atoms with E-state index in [-0.39, 0.29) is 22.6 Å². The second-order valence-electron chi connectivity index (χ2n) is 9.30. The molecule has 3 fully saturated rings. The summed E-state index contributed by atoms with van der Waals surface area (Å²) in [6, 6.07) is 0. The molecule has 0 amide bonds. The third-order valence-corrected chi connectivity index (χ3v) is 8.39. The molecular weight excluding hydrogens is 328 g/mol. The van der Waals surface area contributed by atoms with E-state index in [1.807, 2.05) is 6.92 Å². The lowest BCUT2D eigenvalue weighted by Crippen LogP contribution is -2.54. The first kappa shape index (κ1) is 17.9. The minimum atomic E-state index is -0.243. The second kappa shape index (κ2) is 6.03. The zero-order valence-corrected chi connectivity index (χ0v) is 16.2. The van der Waals surface area contributed by atoms with Crippen LogP contribution in [0.25, 0.3) is 0 Å². The van der Waals surface area contributed by atoms with E-state index in [1.54, 1.807) is 0 Å². The number of fused-ring (bicyclic) bond motifs is 5. The molecule has 4 aliphatic rings. The molecule has 4 rings (SSSR count). The topological polar surface area (TPSA) is 60.4 Å². The van der Waals surface area contributed by atoms with Gasteiger partial charge in [-0.2, -0.15) is 0 Å². The zero-order chi connectivity index (χ0) is 18.7. The summed E-state index contributed by atoms with van der Waals surface area (Å²) in [5.74, 6) is 1.87. The number of ketones is 2. The number of hydrogen-bond acceptors (Lipinski definition) is 4. The molecule has 0 N–H and O–H groups in total. The van der Waals surface area contributed by atoms with E-state index in [9.17, 15) is 14.4 Å². The van der Waals surface area contributed by atoms with Crippen LogP contribution in [-0.4, -0.2) is 24.1 Å². The van der Waals surface area contributed by atoms with E-state index < -0.39 is 0 Å². The van der Waals surface area contributed by atoms with Gasteiger partial charge in [-0.3, -0.25) is 14.4 Å². The molecule has 4 aliphatic carbocycles. The SMILES string of the molecule is CC(=O)OC[C@]12CCC(=O)C(C)=C1CC[C@@H]1[C@@H]2CC[C@]2(C)C(=O)CC[C@@H]12. The average Bonchev–Trinajstić information content (AvgIpc) is 2.92. The van der Waals surface area contributed by atoms with E-state index in [0.29, 0.717) is 36.6 Å². The monoisotopic (exact) mass is 358 g/mol. The van der Waals surface area contributed by atoms with Gasteiger partial charge < -0.3 is 4.74 Å². The van der Waals surface area contributed by atoms with Gasteiger partial charge in [0.1, 0.15) is 12.4 Å². The number of carbonyl (C=O) groups excluding carboxylic acids is 3. The molecule has 0 aromatic rings. The van der Waals surface area contributed by atoms with E-state index in [2.05, 4.69) is 6.92 Å². The summed E-state index contributed by atoms with van der Waals surface area (Å²) in [4.78, 5) is 36.5. The second-order valence-corrected chi connectivity index (χ2v) is 9.30. The number of hydrogen-bond donors (Lipinski definition) is 0. The maximum absolute atomic E-state index is 12.6. The Morgan fingerprint density at radius 2 is 1.85 bits per heavy atom. The first-order chi connectivity index (χ1) is 12.3. The molecule has 4 heteroatoms. The summed E-state index contributed by atoms with van der Waals surface area (Å²) in [7, 11) is 0. The van der Waals surface area contributed by atoms with Crippen molar-refractivity contribution in [1.82, 2.24) is 0 Å². The molecule has 0 aromatic heterocycles. The molecule has 0 bridgehead atoms. The smallest absolute Gasteiger partial charge is 0.302 e. The normalized spacial score (nSPS) is 42.2. The molecule has 0 aliphatic heterocycles. The van der Waals surface area contributed by atoms with Gasteiger partial charge in [0.2, 0.25) is 0 Å². The van der Waals surface area contributed by atoms with Gasteiger partial charge in [0, 0.05) is 30.6 Å². The van der Waals surface area contributed by atoms with Crippen molar-refractivity contribution in [2.24, 2.45) is 28.6 Å². The molecule has 0 spiro atoms. The van der Waals surface area contributed by atoms with Gasteiger partial charge in [0.05, 0.1) is 0 Å². The van der Waals surface area contributed by atoms with Crippen molar-refractivity contribution in [2.75, 3.05) is 6.61 Å². The van der Waals surface area contributed by atoms with E-state index >= 15 is 0 Å². The van der Waals surface area contributed by atoms with Crippen molar-refractivity contribution < 1.29 is 19.1 Å². The molecular formula is C22H30O4. The molecule has 3 saturated carbocycles. The van der Waals surface area contributed by atoms with Gasteiger partial charge in [0.25, 0.3) is 0 Å². The predicted octanol–water partition coefficient (Wildman–Crippen LogP) is 4.02. The molecule has 0 saturated heterocycles. The summed E-state index contributed by atoms with van der Waals surface area (Å²) in [6.07, 6.45) is 7.03. The van der Waals surface area contributed by atoms with Gasteiger partial charge in [-0.1, -0.05) is 12.5 Å². The average molecular weight is 358 g/mol. The van der Waals surface area contributed by atoms with E-state index in [1.165, 1.54) is 12.5 Å². The Hall–Kier alpha value is -1.45. The summed E-state index contributed by atoms with van der Waals surface area (Å²) in [6.45, 7) is 6.02. The molecule has 0 heterocycles. The van der Waals surface area contributed by atoms with Crippen LogP contribution in [0.4, 0.5) is 0 Å². The Labute approximate surface area is 155 Å². The van der Waals surface area contributed by atoms with Crippen molar-refractivity contribution >= 4 is 17.5 Å². The first-order valence-electron chi connectivity index (χ1n) is 10.2. The van der Waals surface area contributed by atoms with Crippen LogP contribution in [-0.2, 0) is 19.1 Å². The van der Waals surface area contributed by atoms with E-state index in [4.69, 9.17) is 4.74 Å². The van der Waals surface area contributed by atoms with Crippen LogP contribution in [0.15, 0.2) is 11.1 Å². The molecule has 5 atom stereocenters. The maximum Gasteiger partial charge on any atom is 0.302 e. The van der Waals surface area contributed by atoms with Crippen molar-refractivity contribution in [2.45, 2.75) is 72.1 Å². The molecule has 4 nitrogen and oxygen atoms in total. The van der Waals surface area contributed by atoms with Crippen LogP contribution in [0.5, 0.6) is 0 Å². The lowest BCUT2D eigenvalue weighted by molar-refractivity contribution is -0.150. The quantitative estimate of drug-likeness (QED) is 0.700. The van der Waals surface area contributed by atoms with E-state index in [0.717, 1.165) is 50.5 Å². The van der Waals surface area contributed by atoms with Crippen molar-refractivity contribution in [1.29, 1.82) is 0 Å². The Morgan fingerprint density at radius 1 is 1.08 bits per heavy atom. The summed E-state index contributed by atoms with van der Waals surface area (Å²) < 4.78 is 5.58. The number of ether oxygens (including phenoxy) is 1. The largest absolute Gasteiger partial charge is 0.465 e. The standard InChI is InChI=1S/C22H30O4/c1-13-16-5-4-15-17-6-7-20(25)21(17,3)10-8-18(15)22(16,11-9-19(13)24)12-26-14(2)23/h15,17-18H,4-12H2,1-3H3/t15-,17-,18-,21-,22+/m0/s1. The fourth-order valence-electron chi connectivity index (χ4n) is 7.02. The third-order valence-electron chi connectivity index (χ3n) is 8.39. The van der Waals surface area contributed by atoms with Crippen LogP contribution in [0.1, 0.15) is 72.1 Å². The van der Waals surface area contributed by atoms with Crippen LogP contribution >= 0.6 is 0 Å². The van der Waals surface area contributed by atoms with Crippen molar-refractivity contribution in [3.05, 3.63) is 11.1 Å². The minimum absolute atomic E-state index is 0.148. The van der Waals surface area contributed by atoms with Crippen LogP contribution < -0.4 is 0 Å².